The second-order valence-electron chi connectivity index (χ2n) is 4.88. The van der Waals surface area contributed by atoms with Crippen molar-refractivity contribution in [1.82, 2.24) is 19.5 Å². The van der Waals surface area contributed by atoms with Crippen molar-refractivity contribution < 1.29 is 9.50 Å². The van der Waals surface area contributed by atoms with Gasteiger partial charge in [-0.2, -0.15) is 4.98 Å². The molecule has 3 rings (SSSR count). The third-order valence-corrected chi connectivity index (χ3v) is 3.62. The van der Waals surface area contributed by atoms with Crippen molar-refractivity contribution in [3.63, 3.8) is 0 Å². The smallest absolute Gasteiger partial charge is 0.280 e. The molecule has 102 valence electrons. The molecule has 0 spiro atoms. The van der Waals surface area contributed by atoms with E-state index < -0.39 is 17.8 Å². The Kier molecular flexibility index (Phi) is 2.74. The number of hydrogen-bond acceptors (Lipinski definition) is 5. The molecule has 1 aliphatic carbocycles. The second-order valence-corrected chi connectivity index (χ2v) is 4.88. The van der Waals surface area contributed by atoms with E-state index in [1.807, 2.05) is 0 Å². The fourth-order valence-corrected chi connectivity index (χ4v) is 2.68. The predicted octanol–water partition coefficient (Wildman–Crippen LogP) is -0.0167. The van der Waals surface area contributed by atoms with Crippen LogP contribution in [0.2, 0.25) is 0 Å². The molecule has 8 heteroatoms. The summed E-state index contributed by atoms with van der Waals surface area (Å²) in [6.07, 6.45) is 1.12. The van der Waals surface area contributed by atoms with Crippen LogP contribution in [0.25, 0.3) is 11.2 Å². The number of imidazole rings is 1. The molecular weight excluding hydrogens is 253 g/mol. The zero-order chi connectivity index (χ0) is 13.6. The average Bonchev–Trinajstić information content (AvgIpc) is 2.92. The van der Waals surface area contributed by atoms with Gasteiger partial charge in [-0.05, 0) is 18.8 Å². The number of nitrogens with zero attached hydrogens (tertiary/aromatic N) is 3. The van der Waals surface area contributed by atoms with Crippen molar-refractivity contribution in [3.8, 4) is 0 Å². The first-order valence-corrected chi connectivity index (χ1v) is 6.07. The Labute approximate surface area is 107 Å². The molecule has 0 saturated heterocycles. The Morgan fingerprint density at radius 1 is 1.58 bits per heavy atom. The summed E-state index contributed by atoms with van der Waals surface area (Å²) in [6.45, 7) is -0.0420. The number of aromatic amines is 1. The van der Waals surface area contributed by atoms with Crippen LogP contribution in [0.4, 0.5) is 10.3 Å². The minimum absolute atomic E-state index is 0.0219. The van der Waals surface area contributed by atoms with Gasteiger partial charge in [0, 0.05) is 6.61 Å². The Balaban J connectivity index is 2.09. The Morgan fingerprint density at radius 3 is 3.05 bits per heavy atom. The van der Waals surface area contributed by atoms with Crippen molar-refractivity contribution in [2.45, 2.75) is 25.1 Å². The van der Waals surface area contributed by atoms with Gasteiger partial charge in [0.25, 0.3) is 5.56 Å². The minimum Gasteiger partial charge on any atom is -0.396 e. The van der Waals surface area contributed by atoms with Crippen LogP contribution >= 0.6 is 0 Å². The number of aliphatic hydroxyl groups is 1. The molecule has 1 aliphatic rings. The van der Waals surface area contributed by atoms with Gasteiger partial charge in [0.2, 0.25) is 5.95 Å². The number of fused-ring (bicyclic) bond motifs is 1. The molecule has 1 saturated carbocycles. The van der Waals surface area contributed by atoms with Crippen LogP contribution in [-0.2, 0) is 0 Å². The summed E-state index contributed by atoms with van der Waals surface area (Å²) in [5, 5.41) is 9.12. The SMILES string of the molecule is Nc1nc2c(ncn2[C@@H]2C[C@H](CO)C[C@H]2F)c(=O)[nH]1. The monoisotopic (exact) mass is 267 g/mol. The van der Waals surface area contributed by atoms with Crippen LogP contribution in [0.15, 0.2) is 11.1 Å². The number of nitrogens with one attached hydrogen (secondary N) is 1. The van der Waals surface area contributed by atoms with Crippen LogP contribution in [-0.4, -0.2) is 37.4 Å². The predicted molar refractivity (Wildman–Crippen MR) is 66.3 cm³/mol. The number of halogens is 1. The normalized spacial score (nSPS) is 27.2. The van der Waals surface area contributed by atoms with Crippen molar-refractivity contribution in [2.24, 2.45) is 5.92 Å². The first-order chi connectivity index (χ1) is 9.10. The van der Waals surface area contributed by atoms with Crippen molar-refractivity contribution in [2.75, 3.05) is 12.3 Å². The first kappa shape index (κ1) is 12.1. The summed E-state index contributed by atoms with van der Waals surface area (Å²) in [6, 6.07) is -0.462. The van der Waals surface area contributed by atoms with E-state index >= 15 is 0 Å². The van der Waals surface area contributed by atoms with Gasteiger partial charge in [0.05, 0.1) is 12.4 Å². The Hall–Kier alpha value is -1.96. The van der Waals surface area contributed by atoms with Gasteiger partial charge in [-0.25, -0.2) is 9.37 Å². The standard InChI is InChI=1S/C11H14FN5O2/c12-6-1-5(3-18)2-7(6)17-4-14-8-9(17)15-11(13)16-10(8)19/h4-7,18H,1-3H2,(H3,13,15,16,19)/t5-,6-,7-/m1/s1. The molecule has 0 amide bonds. The van der Waals surface area contributed by atoms with Crippen molar-refractivity contribution in [1.29, 1.82) is 0 Å². The zero-order valence-electron chi connectivity index (χ0n) is 10.1. The molecule has 1 fully saturated rings. The Morgan fingerprint density at radius 2 is 2.37 bits per heavy atom. The zero-order valence-corrected chi connectivity index (χ0v) is 10.1. The highest BCUT2D eigenvalue weighted by Crippen LogP contribution is 2.37. The summed E-state index contributed by atoms with van der Waals surface area (Å²) in [4.78, 5) is 22.0. The van der Waals surface area contributed by atoms with Crippen LogP contribution < -0.4 is 11.3 Å². The summed E-state index contributed by atoms with van der Waals surface area (Å²) >= 11 is 0. The van der Waals surface area contributed by atoms with Crippen LogP contribution in [0.1, 0.15) is 18.9 Å². The molecule has 0 aromatic carbocycles. The van der Waals surface area contributed by atoms with Gasteiger partial charge in [-0.3, -0.25) is 9.78 Å². The minimum atomic E-state index is -1.09. The number of hydrogen-bond donors (Lipinski definition) is 3. The second kappa shape index (κ2) is 4.30. The van der Waals surface area contributed by atoms with Crippen LogP contribution in [0.5, 0.6) is 0 Å². The van der Waals surface area contributed by atoms with E-state index in [-0.39, 0.29) is 29.6 Å². The maximum Gasteiger partial charge on any atom is 0.280 e. The molecule has 19 heavy (non-hydrogen) atoms. The van der Waals surface area contributed by atoms with Crippen LogP contribution in [0, 0.1) is 5.92 Å². The third kappa shape index (κ3) is 1.88. The average molecular weight is 267 g/mol. The van der Waals surface area contributed by atoms with Crippen LogP contribution in [0.3, 0.4) is 0 Å². The largest absolute Gasteiger partial charge is 0.396 e. The van der Waals surface area contributed by atoms with Gasteiger partial charge in [0.15, 0.2) is 11.2 Å². The maximum atomic E-state index is 14.0. The number of nitrogens with two attached hydrogens (primary N) is 1. The lowest BCUT2D eigenvalue weighted by atomic mass is 10.1. The van der Waals surface area contributed by atoms with Gasteiger partial charge in [-0.1, -0.05) is 0 Å². The van der Waals surface area contributed by atoms with Crippen molar-refractivity contribution in [3.05, 3.63) is 16.7 Å². The highest BCUT2D eigenvalue weighted by Gasteiger charge is 2.36. The summed E-state index contributed by atoms with van der Waals surface area (Å²) in [5.74, 6) is -0.0943. The molecule has 3 atom stereocenters. The molecule has 0 aliphatic heterocycles. The Bertz CT molecular complexity index is 667. The lowest BCUT2D eigenvalue weighted by Gasteiger charge is -2.14. The van der Waals surface area contributed by atoms with Gasteiger partial charge in [0.1, 0.15) is 6.17 Å². The fraction of sp³-hybridized carbons (Fsp3) is 0.545. The lowest BCUT2D eigenvalue weighted by molar-refractivity contribution is 0.219. The van der Waals surface area contributed by atoms with E-state index in [0.717, 1.165) is 0 Å². The van der Waals surface area contributed by atoms with E-state index in [2.05, 4.69) is 15.0 Å². The van der Waals surface area contributed by atoms with Gasteiger partial charge >= 0.3 is 0 Å². The molecule has 4 N–H and O–H groups in total. The highest BCUT2D eigenvalue weighted by molar-refractivity contribution is 5.70. The van der Waals surface area contributed by atoms with Crippen molar-refractivity contribution >= 4 is 17.1 Å². The molecule has 0 bridgehead atoms. The molecule has 0 radical (unpaired) electrons. The van der Waals surface area contributed by atoms with E-state index in [1.54, 1.807) is 4.57 Å². The highest BCUT2D eigenvalue weighted by atomic mass is 19.1. The molecular formula is C11H14FN5O2. The quantitative estimate of drug-likeness (QED) is 0.708. The van der Waals surface area contributed by atoms with E-state index in [1.165, 1.54) is 6.33 Å². The first-order valence-electron chi connectivity index (χ1n) is 6.07. The number of alkyl halides is 1. The number of nitrogen functional groups attached to an aromatic ring is 1. The summed E-state index contributed by atoms with van der Waals surface area (Å²) in [5.41, 5.74) is 5.49. The summed E-state index contributed by atoms with van der Waals surface area (Å²) in [7, 11) is 0. The lowest BCUT2D eigenvalue weighted by Crippen LogP contribution is -2.17. The fourth-order valence-electron chi connectivity index (χ4n) is 2.68. The number of aliphatic hydroxyl groups excluding tert-OH is 1. The van der Waals surface area contributed by atoms with Gasteiger partial charge in [-0.15, -0.1) is 0 Å². The topological polar surface area (TPSA) is 110 Å². The number of H-pyrrole nitrogens is 1. The molecule has 0 unspecified atom stereocenters. The molecule has 7 nitrogen and oxygen atoms in total. The molecule has 2 aromatic rings. The maximum absolute atomic E-state index is 14.0. The van der Waals surface area contributed by atoms with E-state index in [9.17, 15) is 9.18 Å². The van der Waals surface area contributed by atoms with E-state index in [0.29, 0.717) is 12.8 Å². The third-order valence-electron chi connectivity index (χ3n) is 3.62. The van der Waals surface area contributed by atoms with E-state index in [4.69, 9.17) is 10.8 Å². The summed E-state index contributed by atoms with van der Waals surface area (Å²) < 4.78 is 15.6. The van der Waals surface area contributed by atoms with Gasteiger partial charge < -0.3 is 15.4 Å². The molecule has 2 aromatic heterocycles. The number of anilines is 1. The number of aromatic nitrogens is 4. The molecule has 2 heterocycles. The number of rotatable bonds is 2.